The van der Waals surface area contributed by atoms with Crippen LogP contribution in [0, 0.1) is 0 Å². The second-order valence-electron chi connectivity index (χ2n) is 4.37. The number of H-pyrrole nitrogens is 1. The maximum atomic E-state index is 11.6. The van der Waals surface area contributed by atoms with E-state index in [9.17, 15) is 9.59 Å². The van der Waals surface area contributed by atoms with Crippen molar-refractivity contribution in [3.63, 3.8) is 0 Å². The Balaban J connectivity index is 2.16. The van der Waals surface area contributed by atoms with Gasteiger partial charge in [-0.1, -0.05) is 0 Å². The van der Waals surface area contributed by atoms with Crippen molar-refractivity contribution in [2.75, 3.05) is 6.54 Å². The molecule has 1 fully saturated rings. The third kappa shape index (κ3) is 2.15. The van der Waals surface area contributed by atoms with Gasteiger partial charge in [-0.3, -0.25) is 0 Å². The molecule has 0 bridgehead atoms. The van der Waals surface area contributed by atoms with E-state index in [1.165, 1.54) is 6.20 Å². The van der Waals surface area contributed by atoms with Crippen LogP contribution in [0.5, 0.6) is 0 Å². The quantitative estimate of drug-likeness (QED) is 0.636. The Morgan fingerprint density at radius 1 is 1.56 bits per heavy atom. The highest BCUT2D eigenvalue weighted by molar-refractivity contribution is 5.85. The number of carbonyl (C=O) groups excluding carboxylic acids is 1. The topological polar surface area (TPSA) is 107 Å². The molecule has 2 rings (SSSR count). The Bertz CT molecular complexity index is 465. The first-order valence-corrected chi connectivity index (χ1v) is 5.92. The minimum absolute atomic E-state index is 0.0361. The Hall–Kier alpha value is -2.05. The zero-order valence-electron chi connectivity index (χ0n) is 10.1. The van der Waals surface area contributed by atoms with Crippen LogP contribution in [0.15, 0.2) is 6.20 Å². The molecule has 0 radical (unpaired) electrons. The van der Waals surface area contributed by atoms with Crippen LogP contribution in [0.1, 0.15) is 42.5 Å². The van der Waals surface area contributed by atoms with E-state index in [0.29, 0.717) is 12.4 Å². The predicted octanol–water partition coefficient (Wildman–Crippen LogP) is 0.806. The molecule has 98 valence electrons. The van der Waals surface area contributed by atoms with Crippen LogP contribution >= 0.6 is 0 Å². The molecule has 1 heterocycles. The Labute approximate surface area is 104 Å². The van der Waals surface area contributed by atoms with E-state index < -0.39 is 11.5 Å². The number of aromatic amines is 1. The molecule has 0 aromatic carbocycles. The molecule has 1 aliphatic rings. The third-order valence-electron chi connectivity index (χ3n) is 3.16. The molecule has 0 aliphatic heterocycles. The molecule has 1 aromatic heterocycles. The molecular formula is C11H16N4O3. The third-order valence-corrected chi connectivity index (χ3v) is 3.16. The number of amides is 2. The van der Waals surface area contributed by atoms with Crippen LogP contribution in [0.3, 0.4) is 0 Å². The van der Waals surface area contributed by atoms with E-state index in [4.69, 9.17) is 5.11 Å². The van der Waals surface area contributed by atoms with E-state index in [1.54, 1.807) is 0 Å². The summed E-state index contributed by atoms with van der Waals surface area (Å²) < 4.78 is 0. The van der Waals surface area contributed by atoms with Gasteiger partial charge in [-0.25, -0.2) is 14.6 Å². The first-order chi connectivity index (χ1) is 8.57. The molecule has 0 spiro atoms. The number of aromatic carboxylic acids is 1. The molecule has 18 heavy (non-hydrogen) atoms. The van der Waals surface area contributed by atoms with Crippen molar-refractivity contribution < 1.29 is 14.7 Å². The molecule has 1 saturated carbocycles. The van der Waals surface area contributed by atoms with Crippen molar-refractivity contribution >= 4 is 12.0 Å². The van der Waals surface area contributed by atoms with Gasteiger partial charge < -0.3 is 20.7 Å². The highest BCUT2D eigenvalue weighted by Crippen LogP contribution is 2.39. The van der Waals surface area contributed by atoms with Crippen LogP contribution in [0.25, 0.3) is 0 Å². The lowest BCUT2D eigenvalue weighted by Gasteiger charge is -2.40. The van der Waals surface area contributed by atoms with Crippen molar-refractivity contribution in [3.8, 4) is 0 Å². The Morgan fingerprint density at radius 2 is 2.28 bits per heavy atom. The summed E-state index contributed by atoms with van der Waals surface area (Å²) in [6, 6.07) is -0.259. The first kappa shape index (κ1) is 12.4. The zero-order chi connectivity index (χ0) is 13.2. The molecule has 0 saturated heterocycles. The van der Waals surface area contributed by atoms with Crippen molar-refractivity contribution in [2.24, 2.45) is 0 Å². The van der Waals surface area contributed by atoms with Gasteiger partial charge in [0.1, 0.15) is 11.5 Å². The number of nitrogens with zero attached hydrogens (tertiary/aromatic N) is 1. The summed E-state index contributed by atoms with van der Waals surface area (Å²) in [4.78, 5) is 29.2. The minimum Gasteiger partial charge on any atom is -0.477 e. The Kier molecular flexibility index (Phi) is 3.22. The standard InChI is InChI=1S/C11H16N4O3/c1-2-12-10(18)15-11(4-3-5-11)9-13-6-7(14-9)8(16)17/h6H,2-5H2,1H3,(H,13,14)(H,16,17)(H2,12,15,18). The van der Waals surface area contributed by atoms with Gasteiger partial charge in [0.2, 0.25) is 0 Å². The van der Waals surface area contributed by atoms with Gasteiger partial charge >= 0.3 is 12.0 Å². The molecule has 2 amide bonds. The number of carbonyl (C=O) groups is 2. The van der Waals surface area contributed by atoms with Crippen molar-refractivity contribution in [1.82, 2.24) is 20.6 Å². The molecule has 1 aliphatic carbocycles. The zero-order valence-corrected chi connectivity index (χ0v) is 10.1. The fourth-order valence-corrected chi connectivity index (χ4v) is 2.05. The number of urea groups is 1. The minimum atomic E-state index is -1.05. The summed E-state index contributed by atoms with van der Waals surface area (Å²) >= 11 is 0. The molecule has 1 aromatic rings. The summed E-state index contributed by atoms with van der Waals surface area (Å²) in [5.74, 6) is -0.543. The van der Waals surface area contributed by atoms with Crippen LogP contribution in [0.4, 0.5) is 4.79 Å². The second-order valence-corrected chi connectivity index (χ2v) is 4.37. The van der Waals surface area contributed by atoms with Gasteiger partial charge in [0.25, 0.3) is 0 Å². The van der Waals surface area contributed by atoms with E-state index >= 15 is 0 Å². The SMILES string of the molecule is CCNC(=O)NC1(c2ncc(C(=O)O)[nH]2)CCC1. The van der Waals surface area contributed by atoms with Gasteiger partial charge in [-0.2, -0.15) is 0 Å². The summed E-state index contributed by atoms with van der Waals surface area (Å²) in [6.45, 7) is 2.38. The highest BCUT2D eigenvalue weighted by Gasteiger charge is 2.42. The summed E-state index contributed by atoms with van der Waals surface area (Å²) in [7, 11) is 0. The number of imidazole rings is 1. The molecule has 7 heteroatoms. The molecule has 0 unspecified atom stereocenters. The first-order valence-electron chi connectivity index (χ1n) is 5.92. The molecular weight excluding hydrogens is 236 g/mol. The van der Waals surface area contributed by atoms with E-state index in [2.05, 4.69) is 20.6 Å². The van der Waals surface area contributed by atoms with Crippen molar-refractivity contribution in [1.29, 1.82) is 0 Å². The van der Waals surface area contributed by atoms with Gasteiger partial charge in [0.05, 0.1) is 11.7 Å². The lowest BCUT2D eigenvalue weighted by atomic mass is 9.76. The number of nitrogens with one attached hydrogen (secondary N) is 3. The lowest BCUT2D eigenvalue weighted by molar-refractivity contribution is 0.0690. The van der Waals surface area contributed by atoms with Crippen molar-refractivity contribution in [3.05, 3.63) is 17.7 Å². The van der Waals surface area contributed by atoms with E-state index in [-0.39, 0.29) is 11.7 Å². The van der Waals surface area contributed by atoms with Gasteiger partial charge in [0.15, 0.2) is 0 Å². The maximum Gasteiger partial charge on any atom is 0.353 e. The summed E-state index contributed by atoms with van der Waals surface area (Å²) in [5.41, 5.74) is -0.513. The molecule has 0 atom stereocenters. The molecule has 7 nitrogen and oxygen atoms in total. The smallest absolute Gasteiger partial charge is 0.353 e. The van der Waals surface area contributed by atoms with Gasteiger partial charge in [0, 0.05) is 6.54 Å². The van der Waals surface area contributed by atoms with Crippen LogP contribution in [-0.2, 0) is 5.54 Å². The number of carboxylic acid groups (broad SMARTS) is 1. The van der Waals surface area contributed by atoms with Gasteiger partial charge in [-0.15, -0.1) is 0 Å². The molecule has 4 N–H and O–H groups in total. The van der Waals surface area contributed by atoms with Crippen LogP contribution in [0.2, 0.25) is 0 Å². The fourth-order valence-electron chi connectivity index (χ4n) is 2.05. The monoisotopic (exact) mass is 252 g/mol. The normalized spacial score (nSPS) is 16.7. The summed E-state index contributed by atoms with van der Waals surface area (Å²) in [5, 5.41) is 14.4. The average molecular weight is 252 g/mol. The Morgan fingerprint density at radius 3 is 2.72 bits per heavy atom. The number of carboxylic acids is 1. The predicted molar refractivity (Wildman–Crippen MR) is 63.3 cm³/mol. The maximum absolute atomic E-state index is 11.6. The average Bonchev–Trinajstić information content (AvgIpc) is 2.73. The highest BCUT2D eigenvalue weighted by atomic mass is 16.4. The van der Waals surface area contributed by atoms with Crippen LogP contribution in [-0.4, -0.2) is 33.6 Å². The van der Waals surface area contributed by atoms with Crippen LogP contribution < -0.4 is 10.6 Å². The van der Waals surface area contributed by atoms with Gasteiger partial charge in [-0.05, 0) is 26.2 Å². The number of rotatable bonds is 4. The number of aromatic nitrogens is 2. The lowest BCUT2D eigenvalue weighted by Crippen LogP contribution is -2.54. The summed E-state index contributed by atoms with van der Waals surface area (Å²) in [6.07, 6.45) is 3.78. The van der Waals surface area contributed by atoms with E-state index in [1.807, 2.05) is 6.92 Å². The largest absolute Gasteiger partial charge is 0.477 e. The fraction of sp³-hybridized carbons (Fsp3) is 0.545. The van der Waals surface area contributed by atoms with E-state index in [0.717, 1.165) is 19.3 Å². The number of hydrogen-bond acceptors (Lipinski definition) is 3. The van der Waals surface area contributed by atoms with Crippen molar-refractivity contribution in [2.45, 2.75) is 31.7 Å². The number of hydrogen-bond donors (Lipinski definition) is 4. The second kappa shape index (κ2) is 4.67.